The van der Waals surface area contributed by atoms with Crippen LogP contribution in [0.2, 0.25) is 5.02 Å². The van der Waals surface area contributed by atoms with E-state index < -0.39 is 29.7 Å². The molecule has 10 heteroatoms. The first-order valence-electron chi connectivity index (χ1n) is 10.5. The number of halogens is 1. The lowest BCUT2D eigenvalue weighted by atomic mass is 10.1. The van der Waals surface area contributed by atoms with E-state index in [2.05, 4.69) is 16.0 Å². The highest BCUT2D eigenvalue weighted by Crippen LogP contribution is 2.19. The number of phenolic OH excluding ortho intramolecular Hbond substituents is 1. The quantitative estimate of drug-likeness (QED) is 0.308. The number of aromatic hydroxyl groups is 1. The van der Waals surface area contributed by atoms with E-state index in [-0.39, 0.29) is 35.0 Å². The van der Waals surface area contributed by atoms with Crippen LogP contribution in [0, 0.1) is 0 Å². The minimum absolute atomic E-state index is 0.0306. The second kappa shape index (κ2) is 11.7. The van der Waals surface area contributed by atoms with Crippen LogP contribution in [0.5, 0.6) is 5.75 Å². The van der Waals surface area contributed by atoms with Crippen molar-refractivity contribution in [3.63, 3.8) is 0 Å². The topological polar surface area (TPSA) is 145 Å². The largest absolute Gasteiger partial charge is 0.507 e. The average molecular weight is 496 g/mol. The zero-order valence-electron chi connectivity index (χ0n) is 18.3. The van der Waals surface area contributed by atoms with E-state index in [1.165, 1.54) is 24.3 Å². The molecule has 0 aliphatic carbocycles. The van der Waals surface area contributed by atoms with E-state index in [0.717, 1.165) is 0 Å². The summed E-state index contributed by atoms with van der Waals surface area (Å²) in [6, 6.07) is 17.4. The molecule has 0 radical (unpaired) electrons. The van der Waals surface area contributed by atoms with Crippen molar-refractivity contribution in [1.82, 2.24) is 16.0 Å². The average Bonchev–Trinajstić information content (AvgIpc) is 2.85. The van der Waals surface area contributed by atoms with Crippen molar-refractivity contribution in [2.75, 3.05) is 6.54 Å². The summed E-state index contributed by atoms with van der Waals surface area (Å²) in [5.74, 6) is -3.17. The molecule has 1 unspecified atom stereocenters. The molecule has 3 rings (SSSR count). The molecule has 0 heterocycles. The van der Waals surface area contributed by atoms with Crippen molar-refractivity contribution in [3.8, 4) is 5.75 Å². The first-order chi connectivity index (χ1) is 16.8. The zero-order valence-corrected chi connectivity index (χ0v) is 19.1. The first kappa shape index (κ1) is 25.3. The minimum Gasteiger partial charge on any atom is -0.507 e. The Morgan fingerprint density at radius 1 is 0.800 bits per heavy atom. The van der Waals surface area contributed by atoms with Crippen LogP contribution in [-0.4, -0.2) is 46.5 Å². The van der Waals surface area contributed by atoms with E-state index >= 15 is 0 Å². The van der Waals surface area contributed by atoms with Gasteiger partial charge in [0, 0.05) is 18.7 Å². The molecule has 0 saturated carbocycles. The molecule has 3 aromatic rings. The number of carboxylic acids is 1. The van der Waals surface area contributed by atoms with Gasteiger partial charge in [-0.05, 0) is 42.0 Å². The van der Waals surface area contributed by atoms with Crippen molar-refractivity contribution in [2.45, 2.75) is 12.6 Å². The summed E-state index contributed by atoms with van der Waals surface area (Å²) in [5.41, 5.74) is 1.09. The fourth-order valence-electron chi connectivity index (χ4n) is 3.12. The number of nitrogens with one attached hydrogen (secondary N) is 3. The Hall–Kier alpha value is -4.37. The highest BCUT2D eigenvalue weighted by atomic mass is 35.5. The Balaban J connectivity index is 1.59. The zero-order chi connectivity index (χ0) is 25.4. The lowest BCUT2D eigenvalue weighted by molar-refractivity contribution is -0.139. The van der Waals surface area contributed by atoms with Crippen LogP contribution in [0.1, 0.15) is 36.6 Å². The van der Waals surface area contributed by atoms with Gasteiger partial charge in [0.1, 0.15) is 11.8 Å². The molecule has 0 aliphatic heterocycles. The lowest BCUT2D eigenvalue weighted by Crippen LogP contribution is -2.48. The lowest BCUT2D eigenvalue weighted by Gasteiger charge is -2.16. The predicted molar refractivity (Wildman–Crippen MR) is 128 cm³/mol. The van der Waals surface area contributed by atoms with Gasteiger partial charge in [-0.3, -0.25) is 14.4 Å². The molecule has 1 atom stereocenters. The number of hydrogen-bond donors (Lipinski definition) is 5. The molecule has 0 spiro atoms. The number of carbonyl (C=O) groups is 4. The van der Waals surface area contributed by atoms with Crippen molar-refractivity contribution in [1.29, 1.82) is 0 Å². The summed E-state index contributed by atoms with van der Waals surface area (Å²) < 4.78 is 0. The van der Waals surface area contributed by atoms with Gasteiger partial charge in [-0.15, -0.1) is 0 Å². The number of carbonyl (C=O) groups excluding carboxylic acids is 3. The van der Waals surface area contributed by atoms with Gasteiger partial charge >= 0.3 is 5.97 Å². The van der Waals surface area contributed by atoms with Gasteiger partial charge in [-0.25, -0.2) is 4.79 Å². The Bertz CT molecular complexity index is 1250. The SMILES string of the molecule is O=C(NCC(NC(=O)c1ccc(CNC(=O)c2ccccc2O)cc1Cl)C(=O)O)c1ccccc1. The van der Waals surface area contributed by atoms with Crippen LogP contribution in [0.3, 0.4) is 0 Å². The maximum absolute atomic E-state index is 12.6. The number of benzene rings is 3. The van der Waals surface area contributed by atoms with E-state index in [1.807, 2.05) is 0 Å². The number of carboxylic acid groups (broad SMARTS) is 1. The van der Waals surface area contributed by atoms with E-state index in [0.29, 0.717) is 11.1 Å². The normalized spacial score (nSPS) is 11.2. The van der Waals surface area contributed by atoms with E-state index in [1.54, 1.807) is 48.5 Å². The summed E-state index contributed by atoms with van der Waals surface area (Å²) >= 11 is 6.22. The van der Waals surface area contributed by atoms with Gasteiger partial charge in [0.2, 0.25) is 0 Å². The molecule has 0 saturated heterocycles. The molecule has 0 aromatic heterocycles. The van der Waals surface area contributed by atoms with Crippen LogP contribution in [0.15, 0.2) is 72.8 Å². The Morgan fingerprint density at radius 2 is 1.49 bits per heavy atom. The van der Waals surface area contributed by atoms with Crippen molar-refractivity contribution >= 4 is 35.3 Å². The molecule has 0 aliphatic rings. The summed E-state index contributed by atoms with van der Waals surface area (Å²) in [5, 5.41) is 26.7. The van der Waals surface area contributed by atoms with Crippen LogP contribution in [-0.2, 0) is 11.3 Å². The predicted octanol–water partition coefficient (Wildman–Crippen LogP) is 2.59. The highest BCUT2D eigenvalue weighted by Gasteiger charge is 2.23. The first-order valence-corrected chi connectivity index (χ1v) is 10.9. The molecule has 0 bridgehead atoms. The minimum atomic E-state index is -1.39. The second-order valence-corrected chi connectivity index (χ2v) is 7.86. The maximum Gasteiger partial charge on any atom is 0.328 e. The third-order valence-corrected chi connectivity index (χ3v) is 5.30. The maximum atomic E-state index is 12.6. The molecule has 3 aromatic carbocycles. The third kappa shape index (κ3) is 6.81. The van der Waals surface area contributed by atoms with Crippen molar-refractivity contribution < 1.29 is 29.4 Å². The van der Waals surface area contributed by atoms with Crippen LogP contribution in [0.25, 0.3) is 0 Å². The number of rotatable bonds is 9. The van der Waals surface area contributed by atoms with Gasteiger partial charge in [0.15, 0.2) is 0 Å². The fraction of sp³-hybridized carbons (Fsp3) is 0.120. The number of hydrogen-bond acceptors (Lipinski definition) is 5. The molecule has 35 heavy (non-hydrogen) atoms. The third-order valence-electron chi connectivity index (χ3n) is 4.99. The van der Waals surface area contributed by atoms with Crippen LogP contribution in [0.4, 0.5) is 0 Å². The van der Waals surface area contributed by atoms with E-state index in [9.17, 15) is 29.4 Å². The van der Waals surface area contributed by atoms with Gasteiger partial charge < -0.3 is 26.2 Å². The highest BCUT2D eigenvalue weighted by molar-refractivity contribution is 6.34. The number of para-hydroxylation sites is 1. The molecule has 3 amide bonds. The van der Waals surface area contributed by atoms with Crippen LogP contribution >= 0.6 is 11.6 Å². The van der Waals surface area contributed by atoms with Gasteiger partial charge in [-0.2, -0.15) is 0 Å². The number of aliphatic carboxylic acids is 1. The molecule has 5 N–H and O–H groups in total. The Labute approximate surface area is 205 Å². The number of amides is 3. The molecular weight excluding hydrogens is 474 g/mol. The fourth-order valence-corrected chi connectivity index (χ4v) is 3.41. The van der Waals surface area contributed by atoms with Crippen molar-refractivity contribution in [3.05, 3.63) is 100 Å². The molecule has 9 nitrogen and oxygen atoms in total. The summed E-state index contributed by atoms with van der Waals surface area (Å²) in [4.78, 5) is 48.6. The second-order valence-electron chi connectivity index (χ2n) is 7.45. The van der Waals surface area contributed by atoms with Gasteiger partial charge in [0.25, 0.3) is 17.7 Å². The molecule has 0 fully saturated rings. The Morgan fingerprint density at radius 3 is 2.14 bits per heavy atom. The summed E-state index contributed by atoms with van der Waals surface area (Å²) in [6.45, 7) is -0.249. The summed E-state index contributed by atoms with van der Waals surface area (Å²) in [6.07, 6.45) is 0. The van der Waals surface area contributed by atoms with Crippen LogP contribution < -0.4 is 16.0 Å². The van der Waals surface area contributed by atoms with E-state index in [4.69, 9.17) is 11.6 Å². The summed E-state index contributed by atoms with van der Waals surface area (Å²) in [7, 11) is 0. The smallest absolute Gasteiger partial charge is 0.328 e. The van der Waals surface area contributed by atoms with Gasteiger partial charge in [-0.1, -0.05) is 48.0 Å². The van der Waals surface area contributed by atoms with Crippen molar-refractivity contribution in [2.24, 2.45) is 0 Å². The monoisotopic (exact) mass is 495 g/mol. The molecular formula is C25H22ClN3O6. The molecule has 180 valence electrons. The number of phenols is 1. The Kier molecular flexibility index (Phi) is 8.42. The van der Waals surface area contributed by atoms with Gasteiger partial charge in [0.05, 0.1) is 16.1 Å². The standard InChI is InChI=1S/C25H22ClN3O6/c26-19-12-15(13-27-23(32)18-8-4-5-9-21(18)30)10-11-17(19)24(33)29-20(25(34)35)14-28-22(31)16-6-2-1-3-7-16/h1-12,20,30H,13-14H2,(H,27,32)(H,28,31)(H,29,33)(H,34,35).